The van der Waals surface area contributed by atoms with Gasteiger partial charge in [-0.05, 0) is 71.5 Å². The summed E-state index contributed by atoms with van der Waals surface area (Å²) in [5.74, 6) is 0.204. The van der Waals surface area contributed by atoms with Gasteiger partial charge in [-0.15, -0.1) is 0 Å². The van der Waals surface area contributed by atoms with Gasteiger partial charge < -0.3 is 17.2 Å². The van der Waals surface area contributed by atoms with Gasteiger partial charge >= 0.3 is 0 Å². The summed E-state index contributed by atoms with van der Waals surface area (Å²) < 4.78 is 0. The van der Waals surface area contributed by atoms with Crippen molar-refractivity contribution in [3.63, 3.8) is 0 Å². The van der Waals surface area contributed by atoms with Gasteiger partial charge in [0.1, 0.15) is 0 Å². The van der Waals surface area contributed by atoms with Crippen LogP contribution in [-0.4, -0.2) is 6.54 Å². The van der Waals surface area contributed by atoms with Gasteiger partial charge in [-0.25, -0.2) is 0 Å². The van der Waals surface area contributed by atoms with Gasteiger partial charge in [-0.2, -0.15) is 0 Å². The summed E-state index contributed by atoms with van der Waals surface area (Å²) in [6, 6.07) is 8.45. The Morgan fingerprint density at radius 1 is 0.842 bits per heavy atom. The van der Waals surface area contributed by atoms with Gasteiger partial charge in [0.25, 0.3) is 0 Å². The maximum absolute atomic E-state index is 6.04. The molecule has 2 aromatic rings. The van der Waals surface area contributed by atoms with Gasteiger partial charge in [0, 0.05) is 23.8 Å². The van der Waals surface area contributed by atoms with Crippen LogP contribution in [0.1, 0.15) is 28.2 Å². The van der Waals surface area contributed by atoms with Crippen molar-refractivity contribution in [1.82, 2.24) is 0 Å². The molecular weight excluding hydrogens is 234 g/mol. The number of benzene rings is 2. The highest BCUT2D eigenvalue weighted by molar-refractivity contribution is 5.83. The zero-order valence-corrected chi connectivity index (χ0v) is 11.3. The lowest BCUT2D eigenvalue weighted by molar-refractivity contribution is 0.841. The monoisotopic (exact) mass is 253 g/mol. The Hall–Kier alpha value is -2.00. The Morgan fingerprint density at radius 3 is 1.63 bits per heavy atom. The predicted molar refractivity (Wildman–Crippen MR) is 81.1 cm³/mol. The molecule has 0 bridgehead atoms. The summed E-state index contributed by atoms with van der Waals surface area (Å²) in [6.07, 6.45) is 0. The molecule has 0 atom stereocenters. The third-order valence-corrected chi connectivity index (χ3v) is 4.15. The van der Waals surface area contributed by atoms with Gasteiger partial charge in [-0.1, -0.05) is 0 Å². The normalized spacial score (nSPS) is 13.4. The molecule has 0 saturated heterocycles. The van der Waals surface area contributed by atoms with E-state index in [9.17, 15) is 0 Å². The van der Waals surface area contributed by atoms with E-state index in [4.69, 9.17) is 17.2 Å². The molecule has 0 radical (unpaired) electrons. The van der Waals surface area contributed by atoms with Crippen LogP contribution in [-0.2, 0) is 0 Å². The van der Waals surface area contributed by atoms with E-state index in [1.807, 2.05) is 13.8 Å². The molecule has 3 rings (SSSR count). The topological polar surface area (TPSA) is 78.1 Å². The quantitative estimate of drug-likeness (QED) is 0.683. The molecule has 0 saturated carbocycles. The molecule has 0 heterocycles. The largest absolute Gasteiger partial charge is 0.399 e. The fraction of sp³-hybridized carbons (Fsp3) is 0.250. The summed E-state index contributed by atoms with van der Waals surface area (Å²) >= 11 is 0. The Balaban J connectivity index is 2.33. The van der Waals surface area contributed by atoms with Crippen molar-refractivity contribution in [1.29, 1.82) is 0 Å². The van der Waals surface area contributed by atoms with Gasteiger partial charge in [-0.3, -0.25) is 0 Å². The van der Waals surface area contributed by atoms with Crippen LogP contribution in [0.5, 0.6) is 0 Å². The van der Waals surface area contributed by atoms with Crippen molar-refractivity contribution in [3.8, 4) is 11.1 Å². The highest BCUT2D eigenvalue weighted by atomic mass is 14.6. The fourth-order valence-electron chi connectivity index (χ4n) is 2.95. The van der Waals surface area contributed by atoms with Gasteiger partial charge in [0.2, 0.25) is 0 Å². The zero-order valence-electron chi connectivity index (χ0n) is 11.3. The number of rotatable bonds is 1. The van der Waals surface area contributed by atoms with Gasteiger partial charge in [0.15, 0.2) is 0 Å². The van der Waals surface area contributed by atoms with Crippen LogP contribution in [0, 0.1) is 13.8 Å². The first-order chi connectivity index (χ1) is 9.02. The van der Waals surface area contributed by atoms with Crippen molar-refractivity contribution in [3.05, 3.63) is 46.5 Å². The molecule has 0 spiro atoms. The number of aryl methyl sites for hydroxylation is 2. The second-order valence-electron chi connectivity index (χ2n) is 5.38. The molecule has 1 aliphatic carbocycles. The second-order valence-corrected chi connectivity index (χ2v) is 5.38. The number of anilines is 2. The molecule has 3 nitrogen and oxygen atoms in total. The van der Waals surface area contributed by atoms with E-state index in [1.165, 1.54) is 22.3 Å². The molecule has 98 valence electrons. The molecule has 0 aromatic heterocycles. The van der Waals surface area contributed by atoms with E-state index >= 15 is 0 Å². The van der Waals surface area contributed by atoms with Crippen molar-refractivity contribution in [2.45, 2.75) is 19.8 Å². The minimum atomic E-state index is 0.204. The van der Waals surface area contributed by atoms with E-state index in [0.29, 0.717) is 6.54 Å². The fourth-order valence-corrected chi connectivity index (χ4v) is 2.95. The number of nitrogens with two attached hydrogens (primary N) is 3. The minimum Gasteiger partial charge on any atom is -0.399 e. The van der Waals surface area contributed by atoms with E-state index in [1.54, 1.807) is 0 Å². The van der Waals surface area contributed by atoms with Crippen molar-refractivity contribution < 1.29 is 0 Å². The molecular formula is C16H19N3. The van der Waals surface area contributed by atoms with Crippen LogP contribution in [0.2, 0.25) is 0 Å². The van der Waals surface area contributed by atoms with Crippen LogP contribution in [0.15, 0.2) is 24.3 Å². The zero-order chi connectivity index (χ0) is 13.7. The number of hydrogen-bond acceptors (Lipinski definition) is 3. The SMILES string of the molecule is Cc1cc2c(cc1N)C(CN)c1cc(N)c(C)cc1-2. The molecule has 19 heavy (non-hydrogen) atoms. The highest BCUT2D eigenvalue weighted by Gasteiger charge is 2.29. The maximum Gasteiger partial charge on any atom is 0.0347 e. The van der Waals surface area contributed by atoms with Gasteiger partial charge in [0.05, 0.1) is 0 Å². The third-order valence-electron chi connectivity index (χ3n) is 4.15. The van der Waals surface area contributed by atoms with E-state index in [-0.39, 0.29) is 5.92 Å². The summed E-state index contributed by atoms with van der Waals surface area (Å²) in [7, 11) is 0. The average molecular weight is 253 g/mol. The molecule has 0 amide bonds. The van der Waals surface area contributed by atoms with E-state index in [0.717, 1.165) is 22.5 Å². The Bertz CT molecular complexity index is 617. The highest BCUT2D eigenvalue weighted by Crippen LogP contribution is 2.47. The predicted octanol–water partition coefficient (Wildman–Crippen LogP) is 2.54. The molecule has 3 heteroatoms. The molecule has 0 unspecified atom stereocenters. The number of hydrogen-bond donors (Lipinski definition) is 3. The van der Waals surface area contributed by atoms with E-state index in [2.05, 4.69) is 24.3 Å². The molecule has 0 aliphatic heterocycles. The smallest absolute Gasteiger partial charge is 0.0347 e. The second kappa shape index (κ2) is 4.00. The van der Waals surface area contributed by atoms with Crippen LogP contribution < -0.4 is 17.2 Å². The minimum absolute atomic E-state index is 0.204. The first kappa shape index (κ1) is 12.1. The third kappa shape index (κ3) is 1.62. The van der Waals surface area contributed by atoms with Crippen LogP contribution in [0.3, 0.4) is 0 Å². The standard InChI is InChI=1S/C16H19N3/c1-8-3-10-11-4-9(2)16(19)6-13(11)14(7-17)12(10)5-15(8)18/h3-6,14H,7,17-19H2,1-2H3. The Morgan fingerprint density at radius 2 is 1.26 bits per heavy atom. The lowest BCUT2D eigenvalue weighted by Crippen LogP contribution is -2.12. The molecule has 2 aromatic carbocycles. The average Bonchev–Trinajstić information content (AvgIpc) is 2.64. The Kier molecular flexibility index (Phi) is 2.54. The number of fused-ring (bicyclic) bond motifs is 3. The maximum atomic E-state index is 6.04. The van der Waals surface area contributed by atoms with Crippen LogP contribution in [0.25, 0.3) is 11.1 Å². The van der Waals surface area contributed by atoms with Crippen molar-refractivity contribution >= 4 is 11.4 Å². The lowest BCUT2D eigenvalue weighted by Gasteiger charge is -2.12. The van der Waals surface area contributed by atoms with Crippen LogP contribution in [0.4, 0.5) is 11.4 Å². The lowest BCUT2D eigenvalue weighted by atomic mass is 9.95. The summed E-state index contributed by atoms with van der Waals surface area (Å²) in [5.41, 5.74) is 26.9. The summed E-state index contributed by atoms with van der Waals surface area (Å²) in [5, 5.41) is 0. The molecule has 1 aliphatic rings. The van der Waals surface area contributed by atoms with Crippen molar-refractivity contribution in [2.75, 3.05) is 18.0 Å². The summed E-state index contributed by atoms with van der Waals surface area (Å²) in [4.78, 5) is 0. The molecule has 6 N–H and O–H groups in total. The number of nitrogen functional groups attached to an aromatic ring is 2. The first-order valence-corrected chi connectivity index (χ1v) is 6.53. The Labute approximate surface area is 113 Å². The van der Waals surface area contributed by atoms with E-state index < -0.39 is 0 Å². The molecule has 0 fully saturated rings. The van der Waals surface area contributed by atoms with Crippen molar-refractivity contribution in [2.24, 2.45) is 5.73 Å². The van der Waals surface area contributed by atoms with Crippen LogP contribution >= 0.6 is 0 Å². The summed E-state index contributed by atoms with van der Waals surface area (Å²) in [6.45, 7) is 4.65. The first-order valence-electron chi connectivity index (χ1n) is 6.53.